The fourth-order valence-corrected chi connectivity index (χ4v) is 3.06. The van der Waals surface area contributed by atoms with Crippen LogP contribution in [0.3, 0.4) is 0 Å². The SMILES string of the molecule is CS(=O)(=O)c1ccc(Cl)c(C(=O)OCC(=O)Nc2ccc(Cl)c([N+](=O)[O-])c2)c1. The number of nitrogens with one attached hydrogen (secondary N) is 1. The van der Waals surface area contributed by atoms with E-state index < -0.39 is 38.9 Å². The van der Waals surface area contributed by atoms with Crippen molar-refractivity contribution in [1.82, 2.24) is 0 Å². The zero-order valence-corrected chi connectivity index (χ0v) is 16.5. The summed E-state index contributed by atoms with van der Waals surface area (Å²) in [5.41, 5.74) is -0.547. The molecule has 0 radical (unpaired) electrons. The van der Waals surface area contributed by atoms with Gasteiger partial charge in [0.2, 0.25) is 0 Å². The lowest BCUT2D eigenvalue weighted by molar-refractivity contribution is -0.384. The van der Waals surface area contributed by atoms with Crippen LogP contribution in [0.1, 0.15) is 10.4 Å². The molecule has 0 aromatic heterocycles. The number of benzene rings is 2. The number of nitrogens with zero attached hydrogens (tertiary/aromatic N) is 1. The van der Waals surface area contributed by atoms with Gasteiger partial charge in [0.1, 0.15) is 5.02 Å². The van der Waals surface area contributed by atoms with Gasteiger partial charge in [0.25, 0.3) is 11.6 Å². The maximum Gasteiger partial charge on any atom is 0.340 e. The second-order valence-electron chi connectivity index (χ2n) is 5.46. The normalized spacial score (nSPS) is 11.0. The Bertz CT molecular complexity index is 1070. The van der Waals surface area contributed by atoms with E-state index in [-0.39, 0.29) is 26.2 Å². The third-order valence-corrected chi connectivity index (χ3v) is 5.11. The van der Waals surface area contributed by atoms with E-state index in [1.807, 2.05) is 0 Å². The Balaban J connectivity index is 2.06. The average Bonchev–Trinajstić information content (AvgIpc) is 2.60. The molecule has 0 fully saturated rings. The van der Waals surface area contributed by atoms with Crippen LogP contribution in [0, 0.1) is 10.1 Å². The van der Waals surface area contributed by atoms with Crippen LogP contribution in [0.25, 0.3) is 0 Å². The molecule has 28 heavy (non-hydrogen) atoms. The number of nitro groups is 1. The molecule has 0 spiro atoms. The number of hydrogen-bond donors (Lipinski definition) is 1. The molecule has 9 nitrogen and oxygen atoms in total. The van der Waals surface area contributed by atoms with Gasteiger partial charge in [0.15, 0.2) is 16.4 Å². The van der Waals surface area contributed by atoms with Crippen molar-refractivity contribution in [3.8, 4) is 0 Å². The summed E-state index contributed by atoms with van der Waals surface area (Å²) in [5, 5.41) is 13.0. The van der Waals surface area contributed by atoms with Crippen LogP contribution >= 0.6 is 23.2 Å². The molecule has 2 aromatic carbocycles. The van der Waals surface area contributed by atoms with E-state index in [0.29, 0.717) is 0 Å². The molecule has 0 bridgehead atoms. The van der Waals surface area contributed by atoms with Gasteiger partial charge in [-0.25, -0.2) is 13.2 Å². The largest absolute Gasteiger partial charge is 0.452 e. The Morgan fingerprint density at radius 2 is 1.79 bits per heavy atom. The first kappa shape index (κ1) is 21.6. The first-order chi connectivity index (χ1) is 13.0. The Labute approximate surface area is 169 Å². The molecular weight excluding hydrogens is 435 g/mol. The minimum Gasteiger partial charge on any atom is -0.452 e. The van der Waals surface area contributed by atoms with Gasteiger partial charge in [-0.15, -0.1) is 0 Å². The third kappa shape index (κ3) is 5.41. The summed E-state index contributed by atoms with van der Waals surface area (Å²) in [4.78, 5) is 34.0. The van der Waals surface area contributed by atoms with E-state index in [1.165, 1.54) is 24.3 Å². The van der Waals surface area contributed by atoms with Crippen molar-refractivity contribution in [2.24, 2.45) is 0 Å². The number of nitro benzene ring substituents is 1. The van der Waals surface area contributed by atoms with Gasteiger partial charge in [0.05, 0.1) is 20.4 Å². The molecule has 2 rings (SSSR count). The second kappa shape index (κ2) is 8.55. The highest BCUT2D eigenvalue weighted by molar-refractivity contribution is 7.90. The Morgan fingerprint density at radius 1 is 1.14 bits per heavy atom. The average molecular weight is 447 g/mol. The molecule has 12 heteroatoms. The van der Waals surface area contributed by atoms with E-state index in [4.69, 9.17) is 27.9 Å². The maximum absolute atomic E-state index is 12.1. The van der Waals surface area contributed by atoms with Crippen LogP contribution in [-0.4, -0.2) is 38.1 Å². The van der Waals surface area contributed by atoms with Gasteiger partial charge in [-0.2, -0.15) is 0 Å². The van der Waals surface area contributed by atoms with Crippen molar-refractivity contribution < 1.29 is 27.7 Å². The van der Waals surface area contributed by atoms with Crippen molar-refractivity contribution in [3.05, 3.63) is 62.1 Å². The quantitative estimate of drug-likeness (QED) is 0.409. The number of ether oxygens (including phenoxy) is 1. The highest BCUT2D eigenvalue weighted by atomic mass is 35.5. The molecule has 0 atom stereocenters. The third-order valence-electron chi connectivity index (χ3n) is 3.35. The van der Waals surface area contributed by atoms with Gasteiger partial charge < -0.3 is 10.1 Å². The first-order valence-electron chi connectivity index (χ1n) is 7.39. The second-order valence-corrected chi connectivity index (χ2v) is 8.29. The molecule has 148 valence electrons. The molecule has 0 saturated carbocycles. The minimum atomic E-state index is -3.57. The number of hydrogen-bond acceptors (Lipinski definition) is 7. The summed E-state index contributed by atoms with van der Waals surface area (Å²) in [7, 11) is -3.57. The predicted octanol–water partition coefficient (Wildman–Crippen LogP) is 3.10. The van der Waals surface area contributed by atoms with Crippen LogP contribution in [0.4, 0.5) is 11.4 Å². The zero-order valence-electron chi connectivity index (χ0n) is 14.1. The highest BCUT2D eigenvalue weighted by Crippen LogP contribution is 2.27. The van der Waals surface area contributed by atoms with E-state index in [1.54, 1.807) is 0 Å². The minimum absolute atomic E-state index is 0.0499. The van der Waals surface area contributed by atoms with Crippen LogP contribution in [0.15, 0.2) is 41.3 Å². The summed E-state index contributed by atoms with van der Waals surface area (Å²) < 4.78 is 28.0. The molecule has 0 heterocycles. The van der Waals surface area contributed by atoms with Crippen molar-refractivity contribution in [3.63, 3.8) is 0 Å². The summed E-state index contributed by atoms with van der Waals surface area (Å²) in [6, 6.07) is 7.12. The van der Waals surface area contributed by atoms with Gasteiger partial charge in [-0.1, -0.05) is 23.2 Å². The summed E-state index contributed by atoms with van der Waals surface area (Å²) in [6.07, 6.45) is 0.962. The molecular formula is C16H12Cl2N2O7S. The van der Waals surface area contributed by atoms with E-state index in [2.05, 4.69) is 5.32 Å². The number of sulfone groups is 1. The van der Waals surface area contributed by atoms with Crippen LogP contribution < -0.4 is 5.32 Å². The number of amides is 1. The zero-order chi connectivity index (χ0) is 21.1. The topological polar surface area (TPSA) is 133 Å². The Kier molecular flexibility index (Phi) is 6.60. The highest BCUT2D eigenvalue weighted by Gasteiger charge is 2.18. The van der Waals surface area contributed by atoms with Gasteiger partial charge in [-0.3, -0.25) is 14.9 Å². The summed E-state index contributed by atoms with van der Waals surface area (Å²) >= 11 is 11.6. The first-order valence-corrected chi connectivity index (χ1v) is 10.0. The lowest BCUT2D eigenvalue weighted by Crippen LogP contribution is -2.21. The van der Waals surface area contributed by atoms with Crippen molar-refractivity contribution in [1.29, 1.82) is 0 Å². The predicted molar refractivity (Wildman–Crippen MR) is 102 cm³/mol. The van der Waals surface area contributed by atoms with Crippen molar-refractivity contribution >= 4 is 56.3 Å². The van der Waals surface area contributed by atoms with E-state index in [9.17, 15) is 28.1 Å². The smallest absolute Gasteiger partial charge is 0.340 e. The van der Waals surface area contributed by atoms with Crippen LogP contribution in [0.5, 0.6) is 0 Å². The number of esters is 1. The molecule has 0 aliphatic heterocycles. The lowest BCUT2D eigenvalue weighted by atomic mass is 10.2. The lowest BCUT2D eigenvalue weighted by Gasteiger charge is -2.09. The summed E-state index contributed by atoms with van der Waals surface area (Å²) in [5.74, 6) is -1.78. The van der Waals surface area contributed by atoms with E-state index >= 15 is 0 Å². The summed E-state index contributed by atoms with van der Waals surface area (Å²) in [6.45, 7) is -0.727. The van der Waals surface area contributed by atoms with Crippen molar-refractivity contribution in [2.75, 3.05) is 18.2 Å². The van der Waals surface area contributed by atoms with Crippen LogP contribution in [-0.2, 0) is 19.4 Å². The maximum atomic E-state index is 12.1. The Morgan fingerprint density at radius 3 is 2.39 bits per heavy atom. The number of halogens is 2. The molecule has 2 aromatic rings. The van der Waals surface area contributed by atoms with E-state index in [0.717, 1.165) is 18.4 Å². The molecule has 0 unspecified atom stereocenters. The molecule has 0 aliphatic carbocycles. The van der Waals surface area contributed by atoms with Crippen molar-refractivity contribution in [2.45, 2.75) is 4.90 Å². The number of rotatable bonds is 6. The molecule has 1 N–H and O–H groups in total. The monoisotopic (exact) mass is 446 g/mol. The molecule has 0 saturated heterocycles. The molecule has 1 amide bonds. The van der Waals surface area contributed by atoms with Gasteiger partial charge >= 0.3 is 5.97 Å². The standard InChI is InChI=1S/C16H12Cl2N2O7S/c1-28(25,26)10-3-5-12(17)11(7-10)16(22)27-8-15(21)19-9-2-4-13(18)14(6-9)20(23)24/h2-7H,8H2,1H3,(H,19,21). The number of carbonyl (C=O) groups excluding carboxylic acids is 2. The molecule has 0 aliphatic rings. The number of anilines is 1. The van der Waals surface area contributed by atoms with Gasteiger partial charge in [-0.05, 0) is 30.3 Å². The fourth-order valence-electron chi connectivity index (χ4n) is 2.03. The Hall–Kier alpha value is -2.69. The fraction of sp³-hybridized carbons (Fsp3) is 0.125. The van der Waals surface area contributed by atoms with Gasteiger partial charge in [0, 0.05) is 18.0 Å². The number of carbonyl (C=O) groups is 2. The van der Waals surface area contributed by atoms with Crippen LogP contribution in [0.2, 0.25) is 10.0 Å².